The Hall–Kier alpha value is -3.38. The van der Waals surface area contributed by atoms with E-state index in [2.05, 4.69) is 18.0 Å². The first-order chi connectivity index (χ1) is 17.1. The molecule has 0 N–H and O–H groups in total. The number of rotatable bonds is 9. The lowest BCUT2D eigenvalue weighted by Gasteiger charge is -2.38. The van der Waals surface area contributed by atoms with Crippen LogP contribution in [0.15, 0.2) is 78.7 Å². The van der Waals surface area contributed by atoms with Crippen molar-refractivity contribution in [2.75, 3.05) is 26.7 Å². The smallest absolute Gasteiger partial charge is 0.243 e. The topological polar surface area (TPSA) is 49.9 Å². The summed E-state index contributed by atoms with van der Waals surface area (Å²) in [5, 5.41) is 2.09. The van der Waals surface area contributed by atoms with E-state index in [1.807, 2.05) is 66.4 Å². The molecule has 1 aliphatic rings. The first kappa shape index (κ1) is 24.7. The maximum Gasteiger partial charge on any atom is 0.243 e. The number of fused-ring (bicyclic) bond motifs is 1. The van der Waals surface area contributed by atoms with Gasteiger partial charge in [-0.1, -0.05) is 55.5 Å². The highest BCUT2D eigenvalue weighted by atomic mass is 32.1. The Kier molecular flexibility index (Phi) is 8.03. The summed E-state index contributed by atoms with van der Waals surface area (Å²) in [6.45, 7) is 6.82. The molecule has 0 radical (unpaired) electrons. The van der Waals surface area contributed by atoms with Crippen molar-refractivity contribution in [2.45, 2.75) is 31.7 Å². The molecule has 6 heteroatoms. The fraction of sp³-hybridized carbons (Fsp3) is 0.310. The Bertz CT molecular complexity index is 1160. The third-order valence-corrected chi connectivity index (χ3v) is 7.61. The Balaban J connectivity index is 1.60. The SMILES string of the molecule is C=CCN(CC(=O)N1CCc2sccc2C1c1ccc(OC)cc1)C(=O)C(CC)c1ccccc1. The molecule has 3 aromatic rings. The quantitative estimate of drug-likeness (QED) is 0.377. The molecule has 5 nitrogen and oxygen atoms in total. The van der Waals surface area contributed by atoms with E-state index in [1.165, 1.54) is 4.88 Å². The van der Waals surface area contributed by atoms with Crippen molar-refractivity contribution < 1.29 is 14.3 Å². The second-order valence-corrected chi connectivity index (χ2v) is 9.69. The van der Waals surface area contributed by atoms with E-state index in [-0.39, 0.29) is 30.3 Å². The molecule has 0 bridgehead atoms. The number of ether oxygens (including phenoxy) is 1. The number of hydrogen-bond acceptors (Lipinski definition) is 4. The van der Waals surface area contributed by atoms with Crippen LogP contribution in [0.4, 0.5) is 0 Å². The highest BCUT2D eigenvalue weighted by molar-refractivity contribution is 7.10. The van der Waals surface area contributed by atoms with Gasteiger partial charge in [-0.05, 0) is 53.1 Å². The molecule has 0 saturated carbocycles. The van der Waals surface area contributed by atoms with Gasteiger partial charge in [0, 0.05) is 18.0 Å². The Morgan fingerprint density at radius 1 is 1.17 bits per heavy atom. The van der Waals surface area contributed by atoms with Crippen LogP contribution >= 0.6 is 11.3 Å². The molecule has 0 fully saturated rings. The standard InChI is InChI=1S/C29H32N2O3S/c1-4-17-30(29(33)24(5-2)21-9-7-6-8-10-21)20-27(32)31-18-15-26-25(16-19-35-26)28(31)22-11-13-23(34-3)14-12-22/h4,6-14,16,19,24,28H,1,5,15,17-18,20H2,2-3H3. The summed E-state index contributed by atoms with van der Waals surface area (Å²) in [7, 11) is 1.65. The van der Waals surface area contributed by atoms with Crippen molar-refractivity contribution in [3.63, 3.8) is 0 Å². The van der Waals surface area contributed by atoms with Gasteiger partial charge < -0.3 is 14.5 Å². The van der Waals surface area contributed by atoms with E-state index in [1.54, 1.807) is 29.4 Å². The zero-order chi connectivity index (χ0) is 24.8. The fourth-order valence-electron chi connectivity index (χ4n) is 4.83. The van der Waals surface area contributed by atoms with Gasteiger partial charge in [0.1, 0.15) is 12.3 Å². The minimum atomic E-state index is -0.286. The van der Waals surface area contributed by atoms with E-state index in [0.29, 0.717) is 19.5 Å². The lowest BCUT2D eigenvalue weighted by Crippen LogP contribution is -2.47. The molecule has 2 aromatic carbocycles. The van der Waals surface area contributed by atoms with Crippen molar-refractivity contribution in [1.82, 2.24) is 9.80 Å². The average molecular weight is 489 g/mol. The van der Waals surface area contributed by atoms with Crippen molar-refractivity contribution >= 4 is 23.2 Å². The predicted molar refractivity (Wildman–Crippen MR) is 141 cm³/mol. The summed E-state index contributed by atoms with van der Waals surface area (Å²) < 4.78 is 5.33. The summed E-state index contributed by atoms with van der Waals surface area (Å²) >= 11 is 1.74. The zero-order valence-electron chi connectivity index (χ0n) is 20.4. The van der Waals surface area contributed by atoms with Gasteiger partial charge in [-0.25, -0.2) is 0 Å². The summed E-state index contributed by atoms with van der Waals surface area (Å²) in [5.41, 5.74) is 3.17. The zero-order valence-corrected chi connectivity index (χ0v) is 21.2. The first-order valence-electron chi connectivity index (χ1n) is 12.0. The molecule has 2 unspecified atom stereocenters. The van der Waals surface area contributed by atoms with Crippen LogP contribution in [-0.2, 0) is 16.0 Å². The van der Waals surface area contributed by atoms with Crippen molar-refractivity contribution in [2.24, 2.45) is 0 Å². The molecule has 182 valence electrons. The van der Waals surface area contributed by atoms with Crippen molar-refractivity contribution in [3.8, 4) is 5.75 Å². The van der Waals surface area contributed by atoms with Crippen LogP contribution in [-0.4, -0.2) is 48.4 Å². The second-order valence-electron chi connectivity index (χ2n) is 8.69. The Labute approximate surface area is 211 Å². The molecule has 4 rings (SSSR count). The van der Waals surface area contributed by atoms with Crippen LogP contribution in [0.3, 0.4) is 0 Å². The van der Waals surface area contributed by atoms with E-state index in [9.17, 15) is 9.59 Å². The van der Waals surface area contributed by atoms with Crippen LogP contribution in [0.1, 0.15) is 46.9 Å². The van der Waals surface area contributed by atoms with E-state index in [4.69, 9.17) is 4.74 Å². The second kappa shape index (κ2) is 11.4. The maximum absolute atomic E-state index is 13.8. The predicted octanol–water partition coefficient (Wildman–Crippen LogP) is 5.44. The van der Waals surface area contributed by atoms with Crippen LogP contribution in [0.2, 0.25) is 0 Å². The first-order valence-corrected chi connectivity index (χ1v) is 12.9. The number of benzene rings is 2. The molecule has 1 aliphatic heterocycles. The third-order valence-electron chi connectivity index (χ3n) is 6.61. The lowest BCUT2D eigenvalue weighted by atomic mass is 9.93. The number of nitrogens with zero attached hydrogens (tertiary/aromatic N) is 2. The number of carbonyl (C=O) groups excluding carboxylic acids is 2. The monoisotopic (exact) mass is 488 g/mol. The molecule has 2 amide bonds. The summed E-state index contributed by atoms with van der Waals surface area (Å²) in [5.74, 6) is 0.399. The van der Waals surface area contributed by atoms with Crippen molar-refractivity contribution in [1.29, 1.82) is 0 Å². The number of thiophene rings is 1. The molecule has 35 heavy (non-hydrogen) atoms. The molecule has 0 spiro atoms. The highest BCUT2D eigenvalue weighted by Crippen LogP contribution is 2.38. The summed E-state index contributed by atoms with van der Waals surface area (Å²) in [6, 6.07) is 19.6. The minimum absolute atomic E-state index is 0.0281. The van der Waals surface area contributed by atoms with Crippen molar-refractivity contribution in [3.05, 3.63) is 100 Å². The van der Waals surface area contributed by atoms with Gasteiger partial charge in [0.25, 0.3) is 0 Å². The summed E-state index contributed by atoms with van der Waals surface area (Å²) in [6.07, 6.45) is 3.18. The molecular weight excluding hydrogens is 456 g/mol. The molecular formula is C29H32N2O3S. The minimum Gasteiger partial charge on any atom is -0.497 e. The normalized spacial score (nSPS) is 15.7. The molecule has 0 saturated heterocycles. The summed E-state index contributed by atoms with van der Waals surface area (Å²) in [4.78, 5) is 32.2. The van der Waals surface area contributed by atoms with Crippen LogP contribution < -0.4 is 4.74 Å². The van der Waals surface area contributed by atoms with Gasteiger partial charge in [-0.2, -0.15) is 0 Å². The van der Waals surface area contributed by atoms with E-state index in [0.717, 1.165) is 28.9 Å². The van der Waals surface area contributed by atoms with Crippen LogP contribution in [0.25, 0.3) is 0 Å². The van der Waals surface area contributed by atoms with Gasteiger partial charge in [-0.15, -0.1) is 17.9 Å². The van der Waals surface area contributed by atoms with E-state index >= 15 is 0 Å². The maximum atomic E-state index is 13.8. The van der Waals surface area contributed by atoms with Gasteiger partial charge >= 0.3 is 0 Å². The number of hydrogen-bond donors (Lipinski definition) is 0. The van der Waals surface area contributed by atoms with E-state index < -0.39 is 0 Å². The van der Waals surface area contributed by atoms with Gasteiger partial charge in [0.05, 0.1) is 19.1 Å². The largest absolute Gasteiger partial charge is 0.497 e. The molecule has 2 heterocycles. The molecule has 2 atom stereocenters. The van der Waals surface area contributed by atoms with Crippen LogP contribution in [0.5, 0.6) is 5.75 Å². The fourth-order valence-corrected chi connectivity index (χ4v) is 5.74. The number of carbonyl (C=O) groups is 2. The Morgan fingerprint density at radius 2 is 1.91 bits per heavy atom. The number of methoxy groups -OCH3 is 1. The highest BCUT2D eigenvalue weighted by Gasteiger charge is 2.34. The lowest BCUT2D eigenvalue weighted by molar-refractivity contribution is -0.142. The van der Waals surface area contributed by atoms with Gasteiger partial charge in [-0.3, -0.25) is 9.59 Å². The molecule has 1 aromatic heterocycles. The van der Waals surface area contributed by atoms with Gasteiger partial charge in [0.15, 0.2) is 0 Å². The van der Waals surface area contributed by atoms with Gasteiger partial charge in [0.2, 0.25) is 11.8 Å². The Morgan fingerprint density at radius 3 is 2.57 bits per heavy atom. The van der Waals surface area contributed by atoms with Crippen LogP contribution in [0, 0.1) is 0 Å². The molecule has 0 aliphatic carbocycles. The third kappa shape index (κ3) is 5.33. The average Bonchev–Trinajstić information content (AvgIpc) is 3.38. The number of amides is 2.